The lowest BCUT2D eigenvalue weighted by Crippen LogP contribution is -2.09. The molecule has 0 bridgehead atoms. The third-order valence-electron chi connectivity index (χ3n) is 15.3. The molecule has 356 valence electrons. The van der Waals surface area contributed by atoms with Gasteiger partial charge in [-0.2, -0.15) is 0 Å². The Kier molecular flexibility index (Phi) is 9.23. The van der Waals surface area contributed by atoms with Crippen LogP contribution in [0, 0.1) is 0 Å². The maximum absolute atomic E-state index is 6.97. The summed E-state index contributed by atoms with van der Waals surface area (Å²) >= 11 is 0. The van der Waals surface area contributed by atoms with Crippen LogP contribution < -0.4 is 9.80 Å². The molecule has 12 aromatic carbocycles. The molecule has 16 aromatic rings. The SMILES string of the molecule is c1ccc(-c2ccc(N(c3ccc4c(c3)oc3ccccc34)c3ccc4c(c3)oc3c4ccc4c3ccc3c5ccc(N(c6ccc(-c7ccccc7)cc6)c6ccc7c(c6)oc6ccccc67)cc5oc34)cc2)cc1. The van der Waals surface area contributed by atoms with E-state index in [1.165, 1.54) is 11.1 Å². The first-order chi connectivity index (χ1) is 37.6. The van der Waals surface area contributed by atoms with E-state index in [0.29, 0.717) is 0 Å². The number of para-hydroxylation sites is 2. The molecule has 0 aliphatic rings. The van der Waals surface area contributed by atoms with Crippen LogP contribution in [-0.2, 0) is 0 Å². The molecule has 6 nitrogen and oxygen atoms in total. The lowest BCUT2D eigenvalue weighted by atomic mass is 10.0. The van der Waals surface area contributed by atoms with E-state index in [9.17, 15) is 0 Å². The predicted octanol–water partition coefficient (Wildman–Crippen LogP) is 20.7. The van der Waals surface area contributed by atoms with Crippen molar-refractivity contribution in [2.75, 3.05) is 9.80 Å². The summed E-state index contributed by atoms with van der Waals surface area (Å²) in [5, 5.41) is 10.5. The number of benzene rings is 12. The third-order valence-corrected chi connectivity index (χ3v) is 15.3. The molecule has 0 spiro atoms. The van der Waals surface area contributed by atoms with Gasteiger partial charge in [-0.15, -0.1) is 0 Å². The molecule has 0 N–H and O–H groups in total. The maximum atomic E-state index is 6.97. The van der Waals surface area contributed by atoms with Gasteiger partial charge in [0.25, 0.3) is 0 Å². The molecule has 0 unspecified atom stereocenters. The van der Waals surface area contributed by atoms with Gasteiger partial charge in [-0.1, -0.05) is 121 Å². The normalized spacial score (nSPS) is 11.9. The van der Waals surface area contributed by atoms with Crippen molar-refractivity contribution in [1.29, 1.82) is 0 Å². The van der Waals surface area contributed by atoms with Crippen LogP contribution in [0.1, 0.15) is 0 Å². The fourth-order valence-electron chi connectivity index (χ4n) is 11.6. The van der Waals surface area contributed by atoms with E-state index in [2.05, 4.69) is 228 Å². The number of nitrogens with zero attached hydrogens (tertiary/aromatic N) is 2. The number of hydrogen-bond donors (Lipinski definition) is 0. The molecule has 0 saturated heterocycles. The summed E-state index contributed by atoms with van der Waals surface area (Å²) in [6, 6.07) is 89.6. The van der Waals surface area contributed by atoms with Crippen LogP contribution in [0.4, 0.5) is 34.1 Å². The largest absolute Gasteiger partial charge is 0.456 e. The molecule has 0 saturated carbocycles. The van der Waals surface area contributed by atoms with E-state index >= 15 is 0 Å². The zero-order valence-electron chi connectivity index (χ0n) is 40.8. The standard InChI is InChI=1S/C70H42N2O4/c1-3-11-43(12-4-1)45-19-23-47(24-20-45)71(49-27-31-55-53-15-7-9-17-63(53)73-65(55)39-49)51-29-33-57-59-35-37-62-61(69(59)75-67(57)41-51)38-36-60-58-34-30-52(42-68(58)76-70(60)62)72(48-25-21-46(22-26-48)44-13-5-2-6-14-44)50-28-32-56-54-16-8-10-18-64(54)74-66(56)40-50/h1-42H. The van der Waals surface area contributed by atoms with Gasteiger partial charge in [-0.05, 0) is 131 Å². The van der Waals surface area contributed by atoms with E-state index in [1.54, 1.807) is 0 Å². The van der Waals surface area contributed by atoms with Gasteiger partial charge >= 0.3 is 0 Å². The molecule has 6 heteroatoms. The molecule has 0 atom stereocenters. The van der Waals surface area contributed by atoms with Crippen molar-refractivity contribution in [3.63, 3.8) is 0 Å². The quantitative estimate of drug-likeness (QED) is 0.151. The summed E-state index contributed by atoms with van der Waals surface area (Å²) in [6.45, 7) is 0. The monoisotopic (exact) mass is 974 g/mol. The minimum atomic E-state index is 0.794. The van der Waals surface area contributed by atoms with Gasteiger partial charge in [-0.25, -0.2) is 0 Å². The highest BCUT2D eigenvalue weighted by Crippen LogP contribution is 2.46. The van der Waals surface area contributed by atoms with Crippen molar-refractivity contribution < 1.29 is 17.7 Å². The van der Waals surface area contributed by atoms with E-state index < -0.39 is 0 Å². The van der Waals surface area contributed by atoms with Crippen molar-refractivity contribution in [2.24, 2.45) is 0 Å². The van der Waals surface area contributed by atoms with Gasteiger partial charge in [0.15, 0.2) is 0 Å². The Bertz CT molecular complexity index is 4620. The first-order valence-corrected chi connectivity index (χ1v) is 25.6. The summed E-state index contributed by atoms with van der Waals surface area (Å²) in [5.41, 5.74) is 17.2. The Balaban J connectivity index is 0.806. The predicted molar refractivity (Wildman–Crippen MR) is 313 cm³/mol. The summed E-state index contributed by atoms with van der Waals surface area (Å²) < 4.78 is 26.8. The molecule has 0 aliphatic carbocycles. The van der Waals surface area contributed by atoms with E-state index in [1.807, 2.05) is 36.4 Å². The van der Waals surface area contributed by atoms with Crippen LogP contribution in [0.15, 0.2) is 272 Å². The molecular weight excluding hydrogens is 933 g/mol. The van der Waals surface area contributed by atoms with Crippen molar-refractivity contribution in [3.8, 4) is 22.3 Å². The second-order valence-corrected chi connectivity index (χ2v) is 19.6. The van der Waals surface area contributed by atoms with Crippen LogP contribution >= 0.6 is 0 Å². The average Bonchev–Trinajstić information content (AvgIpc) is 4.27. The number of fused-ring (bicyclic) bond motifs is 15. The smallest absolute Gasteiger partial charge is 0.143 e. The van der Waals surface area contributed by atoms with Crippen LogP contribution in [0.3, 0.4) is 0 Å². The number of hydrogen-bond acceptors (Lipinski definition) is 6. The molecule has 16 rings (SSSR count). The zero-order chi connectivity index (χ0) is 49.8. The first-order valence-electron chi connectivity index (χ1n) is 25.6. The van der Waals surface area contributed by atoms with Crippen molar-refractivity contribution in [1.82, 2.24) is 0 Å². The Morgan fingerprint density at radius 3 is 0.829 bits per heavy atom. The molecular formula is C70H42N2O4. The topological polar surface area (TPSA) is 59.0 Å². The minimum Gasteiger partial charge on any atom is -0.456 e. The van der Waals surface area contributed by atoms with Crippen LogP contribution in [0.5, 0.6) is 0 Å². The third kappa shape index (κ3) is 6.67. The Morgan fingerprint density at radius 1 is 0.184 bits per heavy atom. The van der Waals surface area contributed by atoms with E-state index in [0.717, 1.165) is 144 Å². The van der Waals surface area contributed by atoms with Gasteiger partial charge in [0, 0.05) is 112 Å². The molecule has 4 heterocycles. The zero-order valence-corrected chi connectivity index (χ0v) is 40.8. The van der Waals surface area contributed by atoms with Crippen molar-refractivity contribution in [2.45, 2.75) is 0 Å². The van der Waals surface area contributed by atoms with Crippen LogP contribution in [0.2, 0.25) is 0 Å². The first kappa shape index (κ1) is 42.2. The Hall–Kier alpha value is -10.3. The highest BCUT2D eigenvalue weighted by Gasteiger charge is 2.22. The van der Waals surface area contributed by atoms with Gasteiger partial charge in [0.1, 0.15) is 44.7 Å². The van der Waals surface area contributed by atoms with Crippen molar-refractivity contribution in [3.05, 3.63) is 255 Å². The second-order valence-electron chi connectivity index (χ2n) is 19.6. The van der Waals surface area contributed by atoms with Crippen LogP contribution in [-0.4, -0.2) is 0 Å². The number of anilines is 6. The van der Waals surface area contributed by atoms with Crippen molar-refractivity contribution >= 4 is 133 Å². The summed E-state index contributed by atoms with van der Waals surface area (Å²) in [7, 11) is 0. The molecule has 0 fully saturated rings. The van der Waals surface area contributed by atoms with Gasteiger partial charge in [0.05, 0.1) is 0 Å². The summed E-state index contributed by atoms with van der Waals surface area (Å²) in [6.07, 6.45) is 0. The van der Waals surface area contributed by atoms with Gasteiger partial charge in [-0.3, -0.25) is 0 Å². The Labute approximate surface area is 435 Å². The lowest BCUT2D eigenvalue weighted by molar-refractivity contribution is 0.668. The van der Waals surface area contributed by atoms with Gasteiger partial charge < -0.3 is 27.5 Å². The maximum Gasteiger partial charge on any atom is 0.143 e. The molecule has 0 radical (unpaired) electrons. The number of rotatable bonds is 8. The fraction of sp³-hybridized carbons (Fsp3) is 0. The second kappa shape index (κ2) is 16.6. The van der Waals surface area contributed by atoms with E-state index in [4.69, 9.17) is 17.7 Å². The Morgan fingerprint density at radius 2 is 0.447 bits per heavy atom. The molecule has 76 heavy (non-hydrogen) atoms. The van der Waals surface area contributed by atoms with Crippen LogP contribution in [0.25, 0.3) is 121 Å². The minimum absolute atomic E-state index is 0.794. The molecule has 0 amide bonds. The van der Waals surface area contributed by atoms with Gasteiger partial charge in [0.2, 0.25) is 0 Å². The highest BCUT2D eigenvalue weighted by atomic mass is 16.3. The fourth-order valence-corrected chi connectivity index (χ4v) is 11.6. The lowest BCUT2D eigenvalue weighted by Gasteiger charge is -2.25. The summed E-state index contributed by atoms with van der Waals surface area (Å²) in [4.78, 5) is 4.55. The van der Waals surface area contributed by atoms with E-state index in [-0.39, 0.29) is 0 Å². The highest BCUT2D eigenvalue weighted by molar-refractivity contribution is 6.23. The molecule has 4 aromatic heterocycles. The number of furan rings is 4. The average molecular weight is 975 g/mol. The summed E-state index contributed by atoms with van der Waals surface area (Å²) in [5.74, 6) is 0. The molecule has 0 aliphatic heterocycles.